The Kier molecular flexibility index (Phi) is 5.29. The van der Waals surface area contributed by atoms with Gasteiger partial charge < -0.3 is 9.47 Å². The van der Waals surface area contributed by atoms with Gasteiger partial charge in [0.25, 0.3) is 0 Å². The second kappa shape index (κ2) is 7.79. The minimum Gasteiger partial charge on any atom is -0.338 e. The third-order valence-corrected chi connectivity index (χ3v) is 4.29. The van der Waals surface area contributed by atoms with Crippen LogP contribution in [0.1, 0.15) is 19.8 Å². The fraction of sp³-hybridized carbons (Fsp3) is 0.238. The number of pyridine rings is 1. The molecule has 1 aromatic heterocycles. The van der Waals surface area contributed by atoms with Crippen LogP contribution in [0.25, 0.3) is 10.9 Å². The van der Waals surface area contributed by atoms with Gasteiger partial charge in [-0.15, -0.1) is 0 Å². The van der Waals surface area contributed by atoms with Crippen LogP contribution in [0.3, 0.4) is 0 Å². The van der Waals surface area contributed by atoms with Crippen LogP contribution < -0.4 is 10.3 Å². The van der Waals surface area contributed by atoms with Crippen LogP contribution in [0.4, 0.5) is 5.69 Å². The molecule has 0 bridgehead atoms. The minimum atomic E-state index is -0.0230. The second-order valence-corrected chi connectivity index (χ2v) is 6.06. The molecule has 0 aliphatic carbocycles. The van der Waals surface area contributed by atoms with Crippen LogP contribution in [-0.4, -0.2) is 17.0 Å². The number of rotatable bonds is 6. The third kappa shape index (κ3) is 3.79. The van der Waals surface area contributed by atoms with Crippen LogP contribution >= 0.6 is 0 Å². The number of benzene rings is 2. The monoisotopic (exact) mass is 334 g/mol. The van der Waals surface area contributed by atoms with E-state index in [-0.39, 0.29) is 17.9 Å². The van der Waals surface area contributed by atoms with Gasteiger partial charge >= 0.3 is 0 Å². The average Bonchev–Trinajstić information content (AvgIpc) is 2.65. The lowest BCUT2D eigenvalue weighted by atomic mass is 10.2. The molecule has 0 radical (unpaired) electrons. The number of unbranched alkanes of at least 4 members (excludes halogenated alkanes) is 1. The van der Waals surface area contributed by atoms with Crippen LogP contribution in [0.5, 0.6) is 0 Å². The average molecular weight is 334 g/mol. The Hall–Kier alpha value is -2.88. The number of aromatic nitrogens is 1. The zero-order chi connectivity index (χ0) is 17.6. The van der Waals surface area contributed by atoms with Crippen molar-refractivity contribution < 1.29 is 4.79 Å². The largest absolute Gasteiger partial charge is 0.338 e. The van der Waals surface area contributed by atoms with Gasteiger partial charge in [0.15, 0.2) is 5.43 Å². The number of hydrogen-bond acceptors (Lipinski definition) is 2. The van der Waals surface area contributed by atoms with E-state index in [1.54, 1.807) is 12.3 Å². The summed E-state index contributed by atoms with van der Waals surface area (Å²) >= 11 is 0. The Morgan fingerprint density at radius 2 is 1.72 bits per heavy atom. The lowest BCUT2D eigenvalue weighted by Gasteiger charge is -2.23. The molecule has 128 valence electrons. The molecular formula is C21H22N2O2. The van der Waals surface area contributed by atoms with Crippen LogP contribution in [-0.2, 0) is 11.3 Å². The highest BCUT2D eigenvalue weighted by atomic mass is 16.2. The molecule has 0 spiro atoms. The first-order valence-electron chi connectivity index (χ1n) is 8.64. The Bertz CT molecular complexity index is 916. The van der Waals surface area contributed by atoms with Crippen molar-refractivity contribution in [3.63, 3.8) is 0 Å². The molecule has 3 rings (SSSR count). The normalized spacial score (nSPS) is 10.8. The van der Waals surface area contributed by atoms with Crippen LogP contribution in [0, 0.1) is 0 Å². The van der Waals surface area contributed by atoms with Crippen molar-refractivity contribution in [3.05, 3.63) is 77.1 Å². The number of fused-ring (bicyclic) bond motifs is 1. The molecule has 3 aromatic rings. The van der Waals surface area contributed by atoms with Gasteiger partial charge in [0.2, 0.25) is 5.91 Å². The number of anilines is 1. The number of carbonyl (C=O) groups is 1. The molecular weight excluding hydrogens is 312 g/mol. The summed E-state index contributed by atoms with van der Waals surface area (Å²) < 4.78 is 1.85. The summed E-state index contributed by atoms with van der Waals surface area (Å²) in [6.45, 7) is 3.01. The first-order chi connectivity index (χ1) is 12.2. The number of nitrogens with zero attached hydrogens (tertiary/aromatic N) is 2. The van der Waals surface area contributed by atoms with E-state index in [1.165, 1.54) is 6.07 Å². The maximum absolute atomic E-state index is 13.0. The Labute approximate surface area is 147 Å². The smallest absolute Gasteiger partial charge is 0.246 e. The van der Waals surface area contributed by atoms with E-state index in [2.05, 4.69) is 6.92 Å². The molecule has 1 amide bonds. The quantitative estimate of drug-likeness (QED) is 0.687. The van der Waals surface area contributed by atoms with Gasteiger partial charge in [-0.2, -0.15) is 0 Å². The van der Waals surface area contributed by atoms with Crippen LogP contribution in [0.15, 0.2) is 71.7 Å². The van der Waals surface area contributed by atoms with Crippen molar-refractivity contribution in [3.8, 4) is 0 Å². The molecule has 4 nitrogen and oxygen atoms in total. The van der Waals surface area contributed by atoms with Crippen molar-refractivity contribution in [1.82, 2.24) is 4.57 Å². The number of para-hydroxylation sites is 2. The lowest BCUT2D eigenvalue weighted by molar-refractivity contribution is -0.119. The zero-order valence-electron chi connectivity index (χ0n) is 14.4. The van der Waals surface area contributed by atoms with E-state index in [0.29, 0.717) is 11.9 Å². The van der Waals surface area contributed by atoms with Crippen molar-refractivity contribution >= 4 is 22.5 Å². The van der Waals surface area contributed by atoms with Crippen LogP contribution in [0.2, 0.25) is 0 Å². The first-order valence-corrected chi connectivity index (χ1v) is 8.64. The van der Waals surface area contributed by atoms with Gasteiger partial charge in [-0.1, -0.05) is 43.7 Å². The van der Waals surface area contributed by atoms with Gasteiger partial charge in [0, 0.05) is 29.9 Å². The second-order valence-electron chi connectivity index (χ2n) is 6.06. The summed E-state index contributed by atoms with van der Waals surface area (Å²) in [5.41, 5.74) is 1.67. The maximum Gasteiger partial charge on any atom is 0.246 e. The molecule has 1 heterocycles. The Morgan fingerprint density at radius 1 is 1.00 bits per heavy atom. The number of hydrogen-bond donors (Lipinski definition) is 0. The molecule has 0 aliphatic heterocycles. The summed E-state index contributed by atoms with van der Waals surface area (Å²) in [5.74, 6) is 0.0217. The molecule has 0 fully saturated rings. The summed E-state index contributed by atoms with van der Waals surface area (Å²) in [6, 6.07) is 18.7. The fourth-order valence-electron chi connectivity index (χ4n) is 2.95. The fourth-order valence-corrected chi connectivity index (χ4v) is 2.95. The van der Waals surface area contributed by atoms with Gasteiger partial charge in [-0.25, -0.2) is 0 Å². The Morgan fingerprint density at radius 3 is 2.48 bits per heavy atom. The highest BCUT2D eigenvalue weighted by Crippen LogP contribution is 2.16. The third-order valence-electron chi connectivity index (χ3n) is 4.29. The predicted octanol–water partition coefficient (Wildman–Crippen LogP) is 3.83. The van der Waals surface area contributed by atoms with Gasteiger partial charge in [-0.05, 0) is 30.7 Å². The van der Waals surface area contributed by atoms with Gasteiger partial charge in [0.1, 0.15) is 6.54 Å². The molecule has 0 unspecified atom stereocenters. The number of amides is 1. The van der Waals surface area contributed by atoms with E-state index in [0.717, 1.165) is 24.0 Å². The van der Waals surface area contributed by atoms with E-state index in [9.17, 15) is 9.59 Å². The molecule has 0 N–H and O–H groups in total. The SMILES string of the molecule is CCCCN(C(=O)Cn1ccc(=O)c2ccccc21)c1ccccc1. The summed E-state index contributed by atoms with van der Waals surface area (Å²) in [7, 11) is 0. The molecule has 2 aromatic carbocycles. The van der Waals surface area contributed by atoms with Crippen molar-refractivity contribution in [2.24, 2.45) is 0 Å². The lowest BCUT2D eigenvalue weighted by Crippen LogP contribution is -2.35. The minimum absolute atomic E-state index is 0.0217. The number of carbonyl (C=O) groups excluding carboxylic acids is 1. The van der Waals surface area contributed by atoms with E-state index in [1.807, 2.05) is 58.0 Å². The van der Waals surface area contributed by atoms with Crippen molar-refractivity contribution in [2.75, 3.05) is 11.4 Å². The summed E-state index contributed by atoms with van der Waals surface area (Å²) in [6.07, 6.45) is 3.68. The van der Waals surface area contributed by atoms with E-state index in [4.69, 9.17) is 0 Å². The summed E-state index contributed by atoms with van der Waals surface area (Å²) in [5, 5.41) is 0.637. The molecule has 25 heavy (non-hydrogen) atoms. The highest BCUT2D eigenvalue weighted by molar-refractivity contribution is 5.94. The maximum atomic E-state index is 13.0. The Balaban J connectivity index is 1.92. The van der Waals surface area contributed by atoms with Crippen molar-refractivity contribution in [1.29, 1.82) is 0 Å². The first kappa shape index (κ1) is 17.0. The molecule has 0 atom stereocenters. The van der Waals surface area contributed by atoms with E-state index < -0.39 is 0 Å². The molecule has 0 saturated heterocycles. The predicted molar refractivity (Wildman–Crippen MR) is 102 cm³/mol. The standard InChI is InChI=1S/C21H22N2O2/c1-2-3-14-23(17-9-5-4-6-10-17)21(25)16-22-15-13-20(24)18-11-7-8-12-19(18)22/h4-13,15H,2-3,14,16H2,1H3. The van der Waals surface area contributed by atoms with Crippen molar-refractivity contribution in [2.45, 2.75) is 26.3 Å². The zero-order valence-corrected chi connectivity index (χ0v) is 14.4. The van der Waals surface area contributed by atoms with Gasteiger partial charge in [-0.3, -0.25) is 9.59 Å². The summed E-state index contributed by atoms with van der Waals surface area (Å²) in [4.78, 5) is 26.8. The van der Waals surface area contributed by atoms with Gasteiger partial charge in [0.05, 0.1) is 5.52 Å². The topological polar surface area (TPSA) is 42.3 Å². The highest BCUT2D eigenvalue weighted by Gasteiger charge is 2.16. The van der Waals surface area contributed by atoms with E-state index >= 15 is 0 Å². The molecule has 0 aliphatic rings. The molecule has 0 saturated carbocycles. The molecule has 4 heteroatoms.